The Morgan fingerprint density at radius 1 is 0.623 bits per heavy atom. The minimum absolute atomic E-state index is 0.0595. The summed E-state index contributed by atoms with van der Waals surface area (Å²) in [7, 11) is 0. The van der Waals surface area contributed by atoms with Gasteiger partial charge in [0.05, 0.1) is 5.69 Å². The molecule has 4 saturated heterocycles. The molecule has 0 saturated carbocycles. The number of carboxylic acid groups (broad SMARTS) is 2. The maximum absolute atomic E-state index is 15.7. The Morgan fingerprint density at radius 2 is 1.11 bits per heavy atom. The number of likely N-dealkylation sites (tertiary alicyclic amines) is 4. The topological polar surface area (TPSA) is 192 Å². The molecule has 5 aromatic heterocycles. The van der Waals surface area contributed by atoms with Crippen molar-refractivity contribution in [1.82, 2.24) is 33.7 Å². The zero-order valence-corrected chi connectivity index (χ0v) is 35.6. The van der Waals surface area contributed by atoms with Crippen LogP contribution in [0.5, 0.6) is 0 Å². The highest BCUT2D eigenvalue weighted by Crippen LogP contribution is 2.53. The zero-order chi connectivity index (χ0) is 43.6. The normalized spacial score (nSPS) is 26.2. The van der Waals surface area contributed by atoms with Gasteiger partial charge in [-0.3, -0.25) is 38.1 Å². The summed E-state index contributed by atoms with van der Waals surface area (Å²) in [4.78, 5) is 98.0. The van der Waals surface area contributed by atoms with Crippen LogP contribution in [0.3, 0.4) is 0 Å². The summed E-state index contributed by atoms with van der Waals surface area (Å²) in [5.74, 6) is -2.09. The van der Waals surface area contributed by atoms with E-state index in [4.69, 9.17) is 9.40 Å². The smallest absolute Gasteiger partial charge is 0.408 e. The van der Waals surface area contributed by atoms with Gasteiger partial charge < -0.3 is 24.4 Å². The van der Waals surface area contributed by atoms with E-state index in [0.717, 1.165) is 4.90 Å². The molecule has 0 radical (unpaired) electrons. The number of hydrogen-bond donors (Lipinski definition) is 2. The molecule has 0 unspecified atom stereocenters. The molecule has 9 rings (SSSR count). The van der Waals surface area contributed by atoms with E-state index in [9.17, 15) is 24.6 Å². The Hall–Kier alpha value is -5.93. The molecule has 4 amide bonds. The van der Waals surface area contributed by atoms with E-state index < -0.39 is 69.3 Å². The SMILES string of the molecule is CC(C)(C)c1nc([C@]2(C(=O)n3c4ccc3cc4)CCCN2C(=O)[C@]2(C(C)(C)C)CCCN2C(=O)O)oc1[C@]1(C(=O)n2c3ccc2cc3)CCCN1C(=O)[C@H]1CCCN1C(=O)O. The Kier molecular flexibility index (Phi) is 8.98. The van der Waals surface area contributed by atoms with E-state index >= 15 is 14.4 Å². The Labute approximate surface area is 352 Å². The third-order valence-electron chi connectivity index (χ3n) is 14.2. The lowest BCUT2D eigenvalue weighted by molar-refractivity contribution is -0.153. The van der Waals surface area contributed by atoms with Gasteiger partial charge in [-0.15, -0.1) is 0 Å². The monoisotopic (exact) mass is 835 g/mol. The van der Waals surface area contributed by atoms with Crippen molar-refractivity contribution in [3.8, 4) is 0 Å². The van der Waals surface area contributed by atoms with Crippen LogP contribution in [-0.4, -0.2) is 118 Å². The number of amides is 4. The van der Waals surface area contributed by atoms with E-state index in [2.05, 4.69) is 0 Å². The van der Waals surface area contributed by atoms with Crippen LogP contribution in [0.2, 0.25) is 0 Å². The first-order valence-corrected chi connectivity index (χ1v) is 21.4. The van der Waals surface area contributed by atoms with E-state index in [-0.39, 0.29) is 63.5 Å². The minimum atomic E-state index is -1.91. The number of benzene rings is 2. The second kappa shape index (κ2) is 13.5. The summed E-state index contributed by atoms with van der Waals surface area (Å²) in [6.07, 6.45) is -0.0527. The standard InChI is InChI=1S/C45H53N7O9/c1-41(2,3)32-33(43(36(54)51-27-12-13-28(51)15-14-27)20-8-24-48(43)34(53)31-11-7-23-47(31)39(57)58)61-35(46-32)44(37(55)52-29-16-17-30(52)19-18-29)21-9-25-49(44)38(56)45(42(4,5)6)22-10-26-50(45)40(59)60/h12-19,31H,7-11,20-26H2,1-6H3,(H,57,58)(H,59,60)/t31-,43+,44+,45+/m1/s1. The molecule has 4 atom stereocenters. The lowest BCUT2D eigenvalue weighted by Gasteiger charge is -2.49. The van der Waals surface area contributed by atoms with Gasteiger partial charge in [0.1, 0.15) is 11.6 Å². The summed E-state index contributed by atoms with van der Waals surface area (Å²) in [6, 6.07) is 13.5. The van der Waals surface area contributed by atoms with Crippen molar-refractivity contribution in [2.24, 2.45) is 5.41 Å². The molecule has 4 aliphatic heterocycles. The highest BCUT2D eigenvalue weighted by Gasteiger charge is 2.66. The first kappa shape index (κ1) is 40.5. The van der Waals surface area contributed by atoms with Crippen LogP contribution >= 0.6 is 0 Å². The average molecular weight is 836 g/mol. The maximum atomic E-state index is 15.7. The number of nitrogens with zero attached hydrogens (tertiary/aromatic N) is 7. The number of oxazole rings is 1. The number of carbonyl (C=O) groups excluding carboxylic acids is 4. The van der Waals surface area contributed by atoms with E-state index in [1.807, 2.05) is 90.1 Å². The van der Waals surface area contributed by atoms with Gasteiger partial charge in [0.25, 0.3) is 17.7 Å². The third-order valence-corrected chi connectivity index (χ3v) is 14.2. The van der Waals surface area contributed by atoms with Crippen LogP contribution in [0, 0.1) is 5.41 Å². The summed E-state index contributed by atoms with van der Waals surface area (Å²) < 4.78 is 10.2. The quantitative estimate of drug-likeness (QED) is 0.184. The van der Waals surface area contributed by atoms with Crippen molar-refractivity contribution in [1.29, 1.82) is 0 Å². The fourth-order valence-corrected chi connectivity index (χ4v) is 11.3. The molecule has 4 bridgehead atoms. The first-order valence-electron chi connectivity index (χ1n) is 21.4. The van der Waals surface area contributed by atoms with Gasteiger partial charge >= 0.3 is 12.2 Å². The molecule has 16 nitrogen and oxygen atoms in total. The van der Waals surface area contributed by atoms with Gasteiger partial charge in [-0.1, -0.05) is 41.5 Å². The fourth-order valence-electron chi connectivity index (χ4n) is 11.3. The fraction of sp³-hybridized carbons (Fsp3) is 0.533. The summed E-state index contributed by atoms with van der Waals surface area (Å²) >= 11 is 0. The van der Waals surface area contributed by atoms with Crippen molar-refractivity contribution in [2.75, 3.05) is 26.2 Å². The molecule has 9 heterocycles. The van der Waals surface area contributed by atoms with E-state index in [1.165, 1.54) is 14.7 Å². The van der Waals surface area contributed by atoms with Gasteiger partial charge in [-0.25, -0.2) is 14.6 Å². The number of fused-ring (bicyclic) bond motifs is 4. The molecule has 16 heteroatoms. The molecule has 322 valence electrons. The average Bonchev–Trinajstić information content (AvgIpc) is 4.06. The molecule has 4 aliphatic rings. The Balaban J connectivity index is 1.30. The second-order valence-corrected chi connectivity index (χ2v) is 19.4. The van der Waals surface area contributed by atoms with Crippen LogP contribution in [0.25, 0.3) is 22.1 Å². The molecular weight excluding hydrogens is 783 g/mol. The van der Waals surface area contributed by atoms with Crippen molar-refractivity contribution in [3.63, 3.8) is 0 Å². The molecule has 2 N–H and O–H groups in total. The zero-order valence-electron chi connectivity index (χ0n) is 35.6. The second-order valence-electron chi connectivity index (χ2n) is 19.4. The number of hydrogen-bond acceptors (Lipinski definition) is 8. The highest BCUT2D eigenvalue weighted by molar-refractivity contribution is 6.04. The van der Waals surface area contributed by atoms with Crippen LogP contribution in [-0.2, 0) is 26.1 Å². The van der Waals surface area contributed by atoms with Crippen molar-refractivity contribution in [2.45, 2.75) is 121 Å². The Morgan fingerprint density at radius 3 is 1.62 bits per heavy atom. The summed E-state index contributed by atoms with van der Waals surface area (Å²) in [5, 5.41) is 20.7. The van der Waals surface area contributed by atoms with Gasteiger partial charge in [-0.2, -0.15) is 0 Å². The third kappa shape index (κ3) is 5.45. The Bertz CT molecular complexity index is 2500. The van der Waals surface area contributed by atoms with Crippen molar-refractivity contribution < 1.29 is 43.4 Å². The molecule has 0 aromatic carbocycles. The summed E-state index contributed by atoms with van der Waals surface area (Å²) in [6.45, 7) is 11.8. The molecule has 0 spiro atoms. The maximum Gasteiger partial charge on any atom is 0.408 e. The number of carbonyl (C=O) groups is 6. The predicted molar refractivity (Wildman–Crippen MR) is 222 cm³/mol. The van der Waals surface area contributed by atoms with Gasteiger partial charge in [-0.05, 0) is 105 Å². The molecule has 5 aromatic rings. The van der Waals surface area contributed by atoms with E-state index in [0.29, 0.717) is 53.4 Å². The summed E-state index contributed by atoms with van der Waals surface area (Å²) in [5.41, 5.74) is -4.32. The largest absolute Gasteiger partial charge is 0.465 e. The van der Waals surface area contributed by atoms with Crippen LogP contribution in [0.1, 0.15) is 120 Å². The molecular formula is C45H53N7O9. The van der Waals surface area contributed by atoms with Crippen LogP contribution < -0.4 is 0 Å². The predicted octanol–water partition coefficient (Wildman–Crippen LogP) is 6.77. The van der Waals surface area contributed by atoms with Crippen molar-refractivity contribution >= 4 is 57.9 Å². The number of aromatic nitrogens is 3. The van der Waals surface area contributed by atoms with E-state index in [1.54, 1.807) is 9.13 Å². The van der Waals surface area contributed by atoms with Crippen LogP contribution in [0.15, 0.2) is 52.9 Å². The van der Waals surface area contributed by atoms with Crippen molar-refractivity contribution in [3.05, 3.63) is 65.9 Å². The molecule has 4 fully saturated rings. The lowest BCUT2D eigenvalue weighted by Crippen LogP contribution is -2.67. The minimum Gasteiger partial charge on any atom is -0.465 e. The molecule has 0 aliphatic carbocycles. The number of rotatable bonds is 6. The van der Waals surface area contributed by atoms with Crippen LogP contribution in [0.4, 0.5) is 9.59 Å². The van der Waals surface area contributed by atoms with Gasteiger partial charge in [0.15, 0.2) is 16.8 Å². The lowest BCUT2D eigenvalue weighted by atomic mass is 9.70. The molecule has 61 heavy (non-hydrogen) atoms. The van der Waals surface area contributed by atoms with Gasteiger partial charge in [0, 0.05) is 53.7 Å². The first-order chi connectivity index (χ1) is 28.8. The van der Waals surface area contributed by atoms with Gasteiger partial charge in [0.2, 0.25) is 11.8 Å². The highest BCUT2D eigenvalue weighted by atomic mass is 16.4.